The zero-order valence-corrected chi connectivity index (χ0v) is 11.2. The second-order valence-electron chi connectivity index (χ2n) is 4.92. The largest absolute Gasteiger partial charge is 0.405 e. The van der Waals surface area contributed by atoms with Crippen LogP contribution in [0.3, 0.4) is 0 Å². The Hall–Kier alpha value is -1.41. The molecule has 2 N–H and O–H groups in total. The normalized spacial score (nSPS) is 20.8. The summed E-state index contributed by atoms with van der Waals surface area (Å²) in [7, 11) is 0. The molecule has 1 aliphatic heterocycles. The number of aromatic nitrogens is 2. The quantitative estimate of drug-likeness (QED) is 0.895. The van der Waals surface area contributed by atoms with Gasteiger partial charge in [-0.15, -0.1) is 0 Å². The van der Waals surface area contributed by atoms with Crippen LogP contribution in [0.25, 0.3) is 0 Å². The molecule has 1 aromatic rings. The van der Waals surface area contributed by atoms with Crippen LogP contribution in [0.15, 0.2) is 18.5 Å². The van der Waals surface area contributed by atoms with Gasteiger partial charge in [0.15, 0.2) is 0 Å². The molecule has 2 heterocycles. The molecule has 20 heavy (non-hydrogen) atoms. The number of alkyl halides is 3. The van der Waals surface area contributed by atoms with Gasteiger partial charge in [0.2, 0.25) is 5.95 Å². The van der Waals surface area contributed by atoms with E-state index in [1.807, 2.05) is 4.90 Å². The Morgan fingerprint density at radius 1 is 1.15 bits per heavy atom. The van der Waals surface area contributed by atoms with Crippen LogP contribution in [0, 0.1) is 0 Å². The Balaban J connectivity index is 2.00. The van der Waals surface area contributed by atoms with Gasteiger partial charge in [0, 0.05) is 44.6 Å². The van der Waals surface area contributed by atoms with Gasteiger partial charge in [0.25, 0.3) is 0 Å². The number of piperazine rings is 1. The highest BCUT2D eigenvalue weighted by Crippen LogP contribution is 2.27. The number of halogens is 3. The average molecular weight is 289 g/mol. The van der Waals surface area contributed by atoms with Crippen molar-refractivity contribution in [2.45, 2.75) is 25.2 Å². The van der Waals surface area contributed by atoms with Crippen LogP contribution >= 0.6 is 0 Å². The highest BCUT2D eigenvalue weighted by molar-refractivity contribution is 5.29. The van der Waals surface area contributed by atoms with Crippen LogP contribution in [0.2, 0.25) is 0 Å². The van der Waals surface area contributed by atoms with Gasteiger partial charge in [-0.1, -0.05) is 0 Å². The van der Waals surface area contributed by atoms with E-state index in [4.69, 9.17) is 5.73 Å². The highest BCUT2D eigenvalue weighted by Gasteiger charge is 2.46. The zero-order valence-electron chi connectivity index (χ0n) is 11.2. The molecule has 1 aromatic heterocycles. The molecule has 5 nitrogen and oxygen atoms in total. The lowest BCUT2D eigenvalue weighted by Crippen LogP contribution is -2.60. The molecule has 0 aliphatic carbocycles. The highest BCUT2D eigenvalue weighted by atomic mass is 19.4. The number of rotatable bonds is 3. The minimum absolute atomic E-state index is 0.296. The van der Waals surface area contributed by atoms with Crippen LogP contribution in [0.5, 0.6) is 0 Å². The molecule has 1 aliphatic rings. The first kappa shape index (κ1) is 15.0. The van der Waals surface area contributed by atoms with Gasteiger partial charge >= 0.3 is 6.18 Å². The fourth-order valence-electron chi connectivity index (χ4n) is 2.49. The van der Waals surface area contributed by atoms with Gasteiger partial charge in [0.1, 0.15) is 6.04 Å². The summed E-state index contributed by atoms with van der Waals surface area (Å²) >= 11 is 0. The van der Waals surface area contributed by atoms with E-state index in [1.54, 1.807) is 18.5 Å². The molecule has 0 aromatic carbocycles. The summed E-state index contributed by atoms with van der Waals surface area (Å²) in [6, 6.07) is -0.842. The molecule has 2 atom stereocenters. The maximum absolute atomic E-state index is 13.0. The predicted molar refractivity (Wildman–Crippen MR) is 69.3 cm³/mol. The van der Waals surface area contributed by atoms with E-state index >= 15 is 0 Å². The minimum atomic E-state index is -4.31. The number of hydrogen-bond donors (Lipinski definition) is 1. The summed E-state index contributed by atoms with van der Waals surface area (Å²) in [5.41, 5.74) is 5.50. The van der Waals surface area contributed by atoms with E-state index in [-0.39, 0.29) is 0 Å². The van der Waals surface area contributed by atoms with Crippen molar-refractivity contribution < 1.29 is 13.2 Å². The summed E-state index contributed by atoms with van der Waals surface area (Å²) < 4.78 is 39.0. The van der Waals surface area contributed by atoms with Gasteiger partial charge in [0.05, 0.1) is 0 Å². The lowest BCUT2D eigenvalue weighted by molar-refractivity contribution is -0.188. The predicted octanol–water partition coefficient (Wildman–Crippen LogP) is 0.877. The molecular formula is C12H18F3N5. The van der Waals surface area contributed by atoms with Crippen molar-refractivity contribution in [2.75, 3.05) is 31.1 Å². The van der Waals surface area contributed by atoms with Gasteiger partial charge in [-0.3, -0.25) is 4.90 Å². The number of hydrogen-bond acceptors (Lipinski definition) is 5. The van der Waals surface area contributed by atoms with E-state index < -0.39 is 18.3 Å². The molecule has 2 rings (SSSR count). The Morgan fingerprint density at radius 3 is 2.15 bits per heavy atom. The molecule has 2 unspecified atom stereocenters. The van der Waals surface area contributed by atoms with Crippen molar-refractivity contribution in [3.8, 4) is 0 Å². The molecule has 1 saturated heterocycles. The molecule has 112 valence electrons. The Labute approximate surface area is 115 Å². The van der Waals surface area contributed by atoms with E-state index in [2.05, 4.69) is 9.97 Å². The Morgan fingerprint density at radius 2 is 1.70 bits per heavy atom. The van der Waals surface area contributed by atoms with Crippen molar-refractivity contribution in [3.63, 3.8) is 0 Å². The fraction of sp³-hybridized carbons (Fsp3) is 0.667. The van der Waals surface area contributed by atoms with E-state index in [0.29, 0.717) is 32.1 Å². The third kappa shape index (κ3) is 3.37. The molecular weight excluding hydrogens is 271 g/mol. The first-order chi connectivity index (χ1) is 9.39. The van der Waals surface area contributed by atoms with Gasteiger partial charge < -0.3 is 10.6 Å². The van der Waals surface area contributed by atoms with Gasteiger partial charge in [-0.05, 0) is 13.0 Å². The third-order valence-corrected chi connectivity index (χ3v) is 3.38. The summed E-state index contributed by atoms with van der Waals surface area (Å²) in [6.07, 6.45) is -1.07. The zero-order chi connectivity index (χ0) is 14.8. The van der Waals surface area contributed by atoms with E-state index in [1.165, 1.54) is 11.8 Å². The van der Waals surface area contributed by atoms with Crippen molar-refractivity contribution >= 4 is 5.95 Å². The molecule has 8 heteroatoms. The second kappa shape index (κ2) is 5.92. The summed E-state index contributed by atoms with van der Waals surface area (Å²) in [5.74, 6) is 0.552. The minimum Gasteiger partial charge on any atom is -0.338 e. The van der Waals surface area contributed by atoms with Gasteiger partial charge in [-0.25, -0.2) is 9.97 Å². The average Bonchev–Trinajstić information content (AvgIpc) is 2.38. The van der Waals surface area contributed by atoms with E-state index in [9.17, 15) is 13.2 Å². The molecule has 0 spiro atoms. The second-order valence-corrected chi connectivity index (χ2v) is 4.92. The smallest absolute Gasteiger partial charge is 0.338 e. The van der Waals surface area contributed by atoms with Crippen LogP contribution < -0.4 is 10.6 Å². The van der Waals surface area contributed by atoms with Crippen molar-refractivity contribution in [2.24, 2.45) is 5.73 Å². The summed E-state index contributed by atoms with van der Waals surface area (Å²) in [6.45, 7) is 2.91. The topological polar surface area (TPSA) is 58.3 Å². The number of nitrogens with zero attached hydrogens (tertiary/aromatic N) is 4. The standard InChI is InChI=1S/C12H18F3N5/c1-9(16)10(12(13,14)15)19-5-7-20(8-6-19)11-17-3-2-4-18-11/h2-4,9-10H,5-8,16H2,1H3. The fourth-order valence-corrected chi connectivity index (χ4v) is 2.49. The SMILES string of the molecule is CC(N)C(N1CCN(c2ncccn2)CC1)C(F)(F)F. The first-order valence-electron chi connectivity index (χ1n) is 6.48. The number of nitrogens with two attached hydrogens (primary N) is 1. The third-order valence-electron chi connectivity index (χ3n) is 3.38. The first-order valence-corrected chi connectivity index (χ1v) is 6.48. The van der Waals surface area contributed by atoms with Crippen molar-refractivity contribution in [3.05, 3.63) is 18.5 Å². The summed E-state index contributed by atoms with van der Waals surface area (Å²) in [5, 5.41) is 0. The van der Waals surface area contributed by atoms with Crippen molar-refractivity contribution in [1.82, 2.24) is 14.9 Å². The van der Waals surface area contributed by atoms with Crippen LogP contribution in [-0.4, -0.2) is 59.3 Å². The summed E-state index contributed by atoms with van der Waals surface area (Å²) in [4.78, 5) is 11.5. The lowest BCUT2D eigenvalue weighted by Gasteiger charge is -2.41. The monoisotopic (exact) mass is 289 g/mol. The van der Waals surface area contributed by atoms with Crippen LogP contribution in [-0.2, 0) is 0 Å². The number of anilines is 1. The molecule has 0 saturated carbocycles. The maximum atomic E-state index is 13.0. The van der Waals surface area contributed by atoms with E-state index in [0.717, 1.165) is 0 Å². The molecule has 0 bridgehead atoms. The van der Waals surface area contributed by atoms with Gasteiger partial charge in [-0.2, -0.15) is 13.2 Å². The maximum Gasteiger partial charge on any atom is 0.405 e. The molecule has 0 radical (unpaired) electrons. The van der Waals surface area contributed by atoms with Crippen LogP contribution in [0.1, 0.15) is 6.92 Å². The Kier molecular flexibility index (Phi) is 4.44. The van der Waals surface area contributed by atoms with Crippen molar-refractivity contribution in [1.29, 1.82) is 0 Å². The lowest BCUT2D eigenvalue weighted by atomic mass is 10.1. The molecule has 0 amide bonds. The molecule has 1 fully saturated rings. The van der Waals surface area contributed by atoms with Crippen LogP contribution in [0.4, 0.5) is 19.1 Å². The Bertz CT molecular complexity index is 415.